The van der Waals surface area contributed by atoms with Gasteiger partial charge in [-0.1, -0.05) is 11.3 Å². The van der Waals surface area contributed by atoms with Crippen molar-refractivity contribution in [3.8, 4) is 10.4 Å². The van der Waals surface area contributed by atoms with Crippen LogP contribution in [0.4, 0.5) is 19.7 Å². The number of hydrogen-bond acceptors (Lipinski definition) is 6. The molecule has 0 bridgehead atoms. The Kier molecular flexibility index (Phi) is 9.76. The second kappa shape index (κ2) is 11.8. The molecule has 1 fully saturated rings. The van der Waals surface area contributed by atoms with Crippen molar-refractivity contribution in [2.24, 2.45) is 5.92 Å². The van der Waals surface area contributed by atoms with Gasteiger partial charge in [0.2, 0.25) is 0 Å². The summed E-state index contributed by atoms with van der Waals surface area (Å²) in [4.78, 5) is 9.25. The number of nitrogens with zero attached hydrogens (tertiary/aromatic N) is 2. The zero-order valence-corrected chi connectivity index (χ0v) is 20.2. The lowest BCUT2D eigenvalue weighted by atomic mass is 10.0. The molecular formula is C20H22Br2F2N4OS. The second-order valence-corrected chi connectivity index (χ2v) is 7.71. The first kappa shape index (κ1) is 24.8. The minimum Gasteiger partial charge on any atom is -0.380 e. The Morgan fingerprint density at radius 1 is 1.17 bits per heavy atom. The van der Waals surface area contributed by atoms with Gasteiger partial charge in [0.05, 0.1) is 18.1 Å². The first-order valence-electron chi connectivity index (χ1n) is 9.09. The van der Waals surface area contributed by atoms with E-state index in [0.717, 1.165) is 44.4 Å². The molecule has 1 unspecified atom stereocenters. The third-order valence-corrected chi connectivity index (χ3v) is 5.44. The lowest BCUT2D eigenvalue weighted by Crippen LogP contribution is -2.24. The largest absolute Gasteiger partial charge is 0.380 e. The Bertz CT molecular complexity index is 952. The molecule has 0 spiro atoms. The van der Waals surface area contributed by atoms with Crippen LogP contribution in [0.15, 0.2) is 42.7 Å². The van der Waals surface area contributed by atoms with E-state index in [-0.39, 0.29) is 34.0 Å². The van der Waals surface area contributed by atoms with Crippen LogP contribution in [-0.2, 0) is 11.2 Å². The zero-order chi connectivity index (χ0) is 19.3. The normalized spacial score (nSPS) is 16.1. The van der Waals surface area contributed by atoms with E-state index in [4.69, 9.17) is 4.74 Å². The standard InChI is InChI=1S/C20H20F2N4OS.2BrH/c21-15-1-2-16(17(22)9-15)18-11-25-20(28-18)26-19-8-13(3-4-24-19)7-14-10-23-5-6-27-12-14;;/h1-4,8-9,11,14,23H,5-7,10,12H2,(H,24,25,26);2*1H. The molecule has 162 valence electrons. The van der Waals surface area contributed by atoms with Gasteiger partial charge in [-0.25, -0.2) is 18.7 Å². The predicted octanol–water partition coefficient (Wildman–Crippen LogP) is 5.16. The van der Waals surface area contributed by atoms with Gasteiger partial charge in [0.25, 0.3) is 0 Å². The number of nitrogens with one attached hydrogen (secondary N) is 2. The van der Waals surface area contributed by atoms with Crippen LogP contribution in [0, 0.1) is 17.6 Å². The minimum absolute atomic E-state index is 0. The van der Waals surface area contributed by atoms with Gasteiger partial charge >= 0.3 is 0 Å². The van der Waals surface area contributed by atoms with Crippen molar-refractivity contribution in [3.05, 3.63) is 59.9 Å². The molecular weight excluding hydrogens is 542 g/mol. The fourth-order valence-corrected chi connectivity index (χ4v) is 4.00. The van der Waals surface area contributed by atoms with Gasteiger partial charge in [0, 0.05) is 37.1 Å². The van der Waals surface area contributed by atoms with Crippen LogP contribution in [-0.4, -0.2) is 36.3 Å². The third-order valence-electron chi connectivity index (χ3n) is 4.50. The average molecular weight is 564 g/mol. The van der Waals surface area contributed by atoms with E-state index in [1.807, 2.05) is 12.1 Å². The maximum Gasteiger partial charge on any atom is 0.188 e. The highest BCUT2D eigenvalue weighted by molar-refractivity contribution is 8.93. The van der Waals surface area contributed by atoms with E-state index in [1.54, 1.807) is 12.4 Å². The average Bonchev–Trinajstić information content (AvgIpc) is 2.97. The SMILES string of the molecule is Br.Br.Fc1ccc(-c2cnc(Nc3cc(CC4CNCCOC4)ccn3)s2)c(F)c1. The highest BCUT2D eigenvalue weighted by atomic mass is 79.9. The predicted molar refractivity (Wildman–Crippen MR) is 127 cm³/mol. The molecule has 3 aromatic rings. The van der Waals surface area contributed by atoms with Gasteiger partial charge in [-0.2, -0.15) is 0 Å². The van der Waals surface area contributed by atoms with Gasteiger partial charge < -0.3 is 15.4 Å². The lowest BCUT2D eigenvalue weighted by Gasteiger charge is -2.14. The van der Waals surface area contributed by atoms with Crippen molar-refractivity contribution < 1.29 is 13.5 Å². The summed E-state index contributed by atoms with van der Waals surface area (Å²) in [5.41, 5.74) is 1.49. The summed E-state index contributed by atoms with van der Waals surface area (Å²) in [5.74, 6) is -0.0971. The van der Waals surface area contributed by atoms with Crippen molar-refractivity contribution in [3.63, 3.8) is 0 Å². The van der Waals surface area contributed by atoms with Crippen molar-refractivity contribution >= 4 is 56.2 Å². The fourth-order valence-electron chi connectivity index (χ4n) is 3.15. The van der Waals surface area contributed by atoms with Crippen molar-refractivity contribution in [1.82, 2.24) is 15.3 Å². The number of benzene rings is 1. The molecule has 3 heterocycles. The topological polar surface area (TPSA) is 59.1 Å². The summed E-state index contributed by atoms with van der Waals surface area (Å²) in [5, 5.41) is 7.15. The van der Waals surface area contributed by atoms with Crippen LogP contribution in [0.2, 0.25) is 0 Å². The zero-order valence-electron chi connectivity index (χ0n) is 15.9. The van der Waals surface area contributed by atoms with Crippen LogP contribution < -0.4 is 10.6 Å². The van der Waals surface area contributed by atoms with E-state index >= 15 is 0 Å². The first-order valence-corrected chi connectivity index (χ1v) is 9.91. The summed E-state index contributed by atoms with van der Waals surface area (Å²) in [6, 6.07) is 7.52. The number of halogens is 4. The van der Waals surface area contributed by atoms with Gasteiger partial charge in [-0.3, -0.25) is 0 Å². The number of thiazole rings is 1. The lowest BCUT2D eigenvalue weighted by molar-refractivity contribution is 0.123. The molecule has 30 heavy (non-hydrogen) atoms. The summed E-state index contributed by atoms with van der Waals surface area (Å²) < 4.78 is 32.7. The molecule has 0 aliphatic carbocycles. The molecule has 1 atom stereocenters. The monoisotopic (exact) mass is 562 g/mol. The van der Waals surface area contributed by atoms with Gasteiger partial charge in [-0.05, 0) is 42.2 Å². The van der Waals surface area contributed by atoms with E-state index in [1.165, 1.54) is 23.5 Å². The fraction of sp³-hybridized carbons (Fsp3) is 0.300. The van der Waals surface area contributed by atoms with Gasteiger partial charge in [-0.15, -0.1) is 34.0 Å². The summed E-state index contributed by atoms with van der Waals surface area (Å²) in [7, 11) is 0. The molecule has 4 rings (SSSR count). The van der Waals surface area contributed by atoms with Gasteiger partial charge in [0.1, 0.15) is 17.5 Å². The smallest absolute Gasteiger partial charge is 0.188 e. The molecule has 0 amide bonds. The van der Waals surface area contributed by atoms with E-state index in [2.05, 4.69) is 20.6 Å². The molecule has 10 heteroatoms. The Balaban J connectivity index is 0.00000160. The summed E-state index contributed by atoms with van der Waals surface area (Å²) >= 11 is 1.29. The molecule has 1 aliphatic rings. The molecule has 1 aromatic carbocycles. The van der Waals surface area contributed by atoms with Crippen LogP contribution in [0.1, 0.15) is 5.56 Å². The van der Waals surface area contributed by atoms with Crippen molar-refractivity contribution in [1.29, 1.82) is 0 Å². The highest BCUT2D eigenvalue weighted by Crippen LogP contribution is 2.32. The number of aromatic nitrogens is 2. The van der Waals surface area contributed by atoms with Crippen molar-refractivity contribution in [2.75, 3.05) is 31.6 Å². The molecule has 5 nitrogen and oxygen atoms in total. The number of pyridine rings is 1. The van der Waals surface area contributed by atoms with E-state index in [9.17, 15) is 8.78 Å². The van der Waals surface area contributed by atoms with Gasteiger partial charge in [0.15, 0.2) is 5.13 Å². The molecule has 0 radical (unpaired) electrons. The maximum absolute atomic E-state index is 14.0. The molecule has 1 saturated heterocycles. The Hall–Kier alpha value is -1.46. The first-order chi connectivity index (χ1) is 13.7. The number of anilines is 2. The maximum atomic E-state index is 14.0. The van der Waals surface area contributed by atoms with Crippen LogP contribution in [0.5, 0.6) is 0 Å². The third kappa shape index (κ3) is 6.52. The number of hydrogen-bond donors (Lipinski definition) is 2. The van der Waals surface area contributed by atoms with Crippen LogP contribution >= 0.6 is 45.3 Å². The molecule has 1 aliphatic heterocycles. The van der Waals surface area contributed by atoms with Crippen LogP contribution in [0.25, 0.3) is 10.4 Å². The van der Waals surface area contributed by atoms with E-state index in [0.29, 0.717) is 27.3 Å². The number of ether oxygens (including phenoxy) is 1. The highest BCUT2D eigenvalue weighted by Gasteiger charge is 2.14. The Morgan fingerprint density at radius 2 is 2.03 bits per heavy atom. The minimum atomic E-state index is -0.602. The van der Waals surface area contributed by atoms with Crippen LogP contribution in [0.3, 0.4) is 0 Å². The quantitative estimate of drug-likeness (QED) is 0.449. The molecule has 0 saturated carbocycles. The van der Waals surface area contributed by atoms with Crippen molar-refractivity contribution in [2.45, 2.75) is 6.42 Å². The second-order valence-electron chi connectivity index (χ2n) is 6.68. The summed E-state index contributed by atoms with van der Waals surface area (Å²) in [6.45, 7) is 3.32. The Labute approximate surface area is 198 Å². The molecule has 2 aromatic heterocycles. The molecule has 2 N–H and O–H groups in total. The Morgan fingerprint density at radius 3 is 2.87 bits per heavy atom. The summed E-state index contributed by atoms with van der Waals surface area (Å²) in [6.07, 6.45) is 4.23. The van der Waals surface area contributed by atoms with E-state index < -0.39 is 11.6 Å². The number of rotatable bonds is 5.